The summed E-state index contributed by atoms with van der Waals surface area (Å²) in [6.07, 6.45) is -0.551. The number of aliphatic hydroxyl groups is 1. The van der Waals surface area contributed by atoms with Crippen molar-refractivity contribution in [2.75, 3.05) is 19.7 Å². The summed E-state index contributed by atoms with van der Waals surface area (Å²) >= 11 is 0. The van der Waals surface area contributed by atoms with E-state index in [9.17, 15) is 9.50 Å². The fourth-order valence-corrected chi connectivity index (χ4v) is 1.83. The van der Waals surface area contributed by atoms with Gasteiger partial charge in [-0.3, -0.25) is 0 Å². The zero-order valence-corrected chi connectivity index (χ0v) is 11.1. The molecule has 0 aliphatic heterocycles. The van der Waals surface area contributed by atoms with Gasteiger partial charge in [-0.05, 0) is 17.7 Å². The molecule has 3 nitrogen and oxygen atoms in total. The summed E-state index contributed by atoms with van der Waals surface area (Å²) in [5.41, 5.74) is 0.870. The van der Waals surface area contributed by atoms with Gasteiger partial charge in [0.2, 0.25) is 0 Å². The second-order valence-electron chi connectivity index (χ2n) is 4.41. The van der Waals surface area contributed by atoms with E-state index in [-0.39, 0.29) is 11.6 Å². The van der Waals surface area contributed by atoms with Gasteiger partial charge in [0.05, 0.1) is 6.10 Å². The summed E-state index contributed by atoms with van der Waals surface area (Å²) in [5, 5.41) is 13.0. The number of halogens is 1. The Morgan fingerprint density at radius 1 is 1.05 bits per heavy atom. The Balaban J connectivity index is 1.66. The van der Waals surface area contributed by atoms with Crippen molar-refractivity contribution in [1.29, 1.82) is 0 Å². The van der Waals surface area contributed by atoms with Crippen molar-refractivity contribution in [3.8, 4) is 5.75 Å². The van der Waals surface area contributed by atoms with Crippen molar-refractivity contribution in [3.63, 3.8) is 0 Å². The van der Waals surface area contributed by atoms with Crippen molar-refractivity contribution >= 4 is 0 Å². The predicted molar refractivity (Wildman–Crippen MR) is 76.2 cm³/mol. The Bertz CT molecular complexity index is 519. The van der Waals surface area contributed by atoms with Gasteiger partial charge >= 0.3 is 0 Å². The van der Waals surface area contributed by atoms with Crippen LogP contribution in [0.25, 0.3) is 0 Å². The Morgan fingerprint density at radius 2 is 1.75 bits per heavy atom. The van der Waals surface area contributed by atoms with Crippen molar-refractivity contribution < 1.29 is 14.2 Å². The lowest BCUT2D eigenvalue weighted by atomic mass is 10.1. The smallest absolute Gasteiger partial charge is 0.165 e. The van der Waals surface area contributed by atoms with Crippen LogP contribution < -0.4 is 10.1 Å². The van der Waals surface area contributed by atoms with Gasteiger partial charge in [-0.1, -0.05) is 42.5 Å². The normalized spacial score (nSPS) is 12.1. The van der Waals surface area contributed by atoms with Crippen LogP contribution in [0.2, 0.25) is 0 Å². The van der Waals surface area contributed by atoms with Crippen LogP contribution >= 0.6 is 0 Å². The van der Waals surface area contributed by atoms with Crippen LogP contribution in [0.1, 0.15) is 11.7 Å². The van der Waals surface area contributed by atoms with Gasteiger partial charge in [0.1, 0.15) is 6.61 Å². The van der Waals surface area contributed by atoms with Crippen LogP contribution in [0, 0.1) is 5.82 Å². The lowest BCUT2D eigenvalue weighted by molar-refractivity contribution is 0.171. The van der Waals surface area contributed by atoms with E-state index >= 15 is 0 Å². The second kappa shape index (κ2) is 7.62. The Morgan fingerprint density at radius 3 is 2.50 bits per heavy atom. The first kappa shape index (κ1) is 14.5. The Hall–Kier alpha value is -1.91. The van der Waals surface area contributed by atoms with E-state index < -0.39 is 6.10 Å². The highest BCUT2D eigenvalue weighted by molar-refractivity contribution is 5.23. The molecule has 0 amide bonds. The minimum absolute atomic E-state index is 0.248. The zero-order valence-electron chi connectivity index (χ0n) is 11.1. The first-order chi connectivity index (χ1) is 9.77. The fourth-order valence-electron chi connectivity index (χ4n) is 1.83. The molecule has 0 bridgehead atoms. The molecule has 0 fully saturated rings. The minimum Gasteiger partial charge on any atom is -0.489 e. The van der Waals surface area contributed by atoms with Gasteiger partial charge in [0.25, 0.3) is 0 Å². The van der Waals surface area contributed by atoms with Gasteiger partial charge < -0.3 is 15.2 Å². The minimum atomic E-state index is -0.551. The van der Waals surface area contributed by atoms with Gasteiger partial charge in [-0.25, -0.2) is 4.39 Å². The van der Waals surface area contributed by atoms with E-state index in [1.54, 1.807) is 18.2 Å². The zero-order chi connectivity index (χ0) is 14.2. The highest BCUT2D eigenvalue weighted by atomic mass is 19.1. The lowest BCUT2D eigenvalue weighted by Gasteiger charge is -2.12. The average molecular weight is 275 g/mol. The summed E-state index contributed by atoms with van der Waals surface area (Å²) in [7, 11) is 0. The molecule has 106 valence electrons. The standard InChI is InChI=1S/C16H18FNO2/c17-14-8-4-5-9-16(14)20-11-10-18-12-15(19)13-6-2-1-3-7-13/h1-9,15,18-19H,10-12H2. The van der Waals surface area contributed by atoms with Crippen molar-refractivity contribution in [1.82, 2.24) is 5.32 Å². The summed E-state index contributed by atoms with van der Waals surface area (Å²) < 4.78 is 18.6. The maximum atomic E-state index is 13.3. The summed E-state index contributed by atoms with van der Waals surface area (Å²) in [4.78, 5) is 0. The largest absolute Gasteiger partial charge is 0.489 e. The number of nitrogens with one attached hydrogen (secondary N) is 1. The molecule has 0 aromatic heterocycles. The van der Waals surface area contributed by atoms with Gasteiger partial charge in [-0.15, -0.1) is 0 Å². The number of rotatable bonds is 7. The Kier molecular flexibility index (Phi) is 5.53. The van der Waals surface area contributed by atoms with Gasteiger partial charge in [0, 0.05) is 13.1 Å². The van der Waals surface area contributed by atoms with Crippen molar-refractivity contribution in [2.24, 2.45) is 0 Å². The SMILES string of the molecule is OC(CNCCOc1ccccc1F)c1ccccc1. The summed E-state index contributed by atoms with van der Waals surface area (Å²) in [5.74, 6) is -0.116. The van der Waals surface area contributed by atoms with Crippen LogP contribution in [0.15, 0.2) is 54.6 Å². The van der Waals surface area contributed by atoms with Gasteiger partial charge in [0.15, 0.2) is 11.6 Å². The summed E-state index contributed by atoms with van der Waals surface area (Å²) in [6.45, 7) is 1.32. The van der Waals surface area contributed by atoms with E-state index in [0.29, 0.717) is 19.7 Å². The molecule has 0 saturated heterocycles. The number of hydrogen-bond donors (Lipinski definition) is 2. The van der Waals surface area contributed by atoms with Crippen LogP contribution in [-0.4, -0.2) is 24.8 Å². The predicted octanol–water partition coefficient (Wildman–Crippen LogP) is 2.53. The third kappa shape index (κ3) is 4.33. The van der Waals surface area contributed by atoms with E-state index in [1.165, 1.54) is 6.07 Å². The quantitative estimate of drug-likeness (QED) is 0.763. The first-order valence-electron chi connectivity index (χ1n) is 6.58. The van der Waals surface area contributed by atoms with Crippen LogP contribution in [-0.2, 0) is 0 Å². The third-order valence-corrected chi connectivity index (χ3v) is 2.90. The Labute approximate surface area is 118 Å². The monoisotopic (exact) mass is 275 g/mol. The molecule has 2 rings (SSSR count). The van der Waals surface area contributed by atoms with Crippen molar-refractivity contribution in [3.05, 3.63) is 66.0 Å². The molecule has 2 aromatic carbocycles. The maximum Gasteiger partial charge on any atom is 0.165 e. The molecule has 0 aliphatic carbocycles. The molecule has 1 atom stereocenters. The molecule has 0 aliphatic rings. The van der Waals surface area contributed by atoms with E-state index in [2.05, 4.69) is 5.32 Å². The highest BCUT2D eigenvalue weighted by Crippen LogP contribution is 2.15. The molecule has 1 unspecified atom stereocenters. The molecular weight excluding hydrogens is 257 g/mol. The maximum absolute atomic E-state index is 13.3. The number of benzene rings is 2. The molecule has 2 N–H and O–H groups in total. The number of para-hydroxylation sites is 1. The molecule has 4 heteroatoms. The number of aliphatic hydroxyl groups excluding tert-OH is 1. The van der Waals surface area contributed by atoms with Crippen molar-refractivity contribution in [2.45, 2.75) is 6.10 Å². The molecule has 2 aromatic rings. The molecule has 0 saturated carbocycles. The highest BCUT2D eigenvalue weighted by Gasteiger charge is 2.06. The molecule has 0 heterocycles. The van der Waals surface area contributed by atoms with E-state index in [4.69, 9.17) is 4.74 Å². The average Bonchev–Trinajstić information content (AvgIpc) is 2.49. The summed E-state index contributed by atoms with van der Waals surface area (Å²) in [6, 6.07) is 15.7. The van der Waals surface area contributed by atoms with Gasteiger partial charge in [-0.2, -0.15) is 0 Å². The van der Waals surface area contributed by atoms with Crippen LogP contribution in [0.4, 0.5) is 4.39 Å². The third-order valence-electron chi connectivity index (χ3n) is 2.90. The topological polar surface area (TPSA) is 41.5 Å². The van der Waals surface area contributed by atoms with E-state index in [0.717, 1.165) is 5.56 Å². The number of hydrogen-bond acceptors (Lipinski definition) is 3. The molecule has 0 radical (unpaired) electrons. The number of ether oxygens (including phenoxy) is 1. The fraction of sp³-hybridized carbons (Fsp3) is 0.250. The second-order valence-corrected chi connectivity index (χ2v) is 4.41. The van der Waals surface area contributed by atoms with Crippen LogP contribution in [0.5, 0.6) is 5.75 Å². The van der Waals surface area contributed by atoms with Crippen LogP contribution in [0.3, 0.4) is 0 Å². The molecule has 20 heavy (non-hydrogen) atoms. The lowest BCUT2D eigenvalue weighted by Crippen LogP contribution is -2.26. The first-order valence-corrected chi connectivity index (χ1v) is 6.58. The molecule has 0 spiro atoms. The van der Waals surface area contributed by atoms with E-state index in [1.807, 2.05) is 30.3 Å². The molecular formula is C16H18FNO2.